The predicted octanol–water partition coefficient (Wildman–Crippen LogP) is 1.82. The zero-order chi connectivity index (χ0) is 16.1. The lowest BCUT2D eigenvalue weighted by atomic mass is 10.1. The normalized spacial score (nSPS) is 10.3. The third-order valence-electron chi connectivity index (χ3n) is 2.87. The number of nitrogens with zero attached hydrogens (tertiary/aromatic N) is 1. The van der Waals surface area contributed by atoms with Gasteiger partial charge in [-0.1, -0.05) is 0 Å². The van der Waals surface area contributed by atoms with Gasteiger partial charge in [0.25, 0.3) is 5.56 Å². The number of amides is 1. The van der Waals surface area contributed by atoms with Crippen LogP contribution < -0.4 is 10.9 Å². The van der Waals surface area contributed by atoms with E-state index in [-0.39, 0.29) is 30.0 Å². The molecule has 1 amide bonds. The lowest BCUT2D eigenvalue weighted by Gasteiger charge is -2.04. The number of hydrogen-bond acceptors (Lipinski definition) is 4. The summed E-state index contributed by atoms with van der Waals surface area (Å²) >= 11 is 0. The monoisotopic (exact) mass is 303 g/mol. The van der Waals surface area contributed by atoms with Crippen LogP contribution in [0.15, 0.2) is 35.1 Å². The zero-order valence-corrected chi connectivity index (χ0v) is 11.9. The quantitative estimate of drug-likeness (QED) is 0.824. The van der Waals surface area contributed by atoms with Gasteiger partial charge in [-0.15, -0.1) is 0 Å². The third kappa shape index (κ3) is 4.34. The molecule has 0 aliphatic carbocycles. The number of halogens is 1. The van der Waals surface area contributed by atoms with Gasteiger partial charge in [0.05, 0.1) is 0 Å². The average Bonchev–Trinajstić information content (AvgIpc) is 2.44. The lowest BCUT2D eigenvalue weighted by Crippen LogP contribution is -2.17. The molecule has 0 saturated carbocycles. The summed E-state index contributed by atoms with van der Waals surface area (Å²) in [4.78, 5) is 41.2. The van der Waals surface area contributed by atoms with Gasteiger partial charge in [-0.3, -0.25) is 14.4 Å². The van der Waals surface area contributed by atoms with Crippen molar-refractivity contribution in [3.63, 3.8) is 0 Å². The number of aryl methyl sites for hydroxylation is 1. The van der Waals surface area contributed by atoms with Crippen molar-refractivity contribution in [1.29, 1.82) is 0 Å². The highest BCUT2D eigenvalue weighted by Crippen LogP contribution is 2.08. The largest absolute Gasteiger partial charge is 0.311 e. The third-order valence-corrected chi connectivity index (χ3v) is 2.87. The predicted molar refractivity (Wildman–Crippen MR) is 78.2 cm³/mol. The van der Waals surface area contributed by atoms with E-state index >= 15 is 0 Å². The molecule has 0 fully saturated rings. The molecule has 0 atom stereocenters. The first kappa shape index (κ1) is 15.6. The molecular weight excluding hydrogens is 289 g/mol. The van der Waals surface area contributed by atoms with Gasteiger partial charge in [0.15, 0.2) is 5.78 Å². The fourth-order valence-electron chi connectivity index (χ4n) is 1.86. The van der Waals surface area contributed by atoms with Crippen LogP contribution in [0.25, 0.3) is 0 Å². The summed E-state index contributed by atoms with van der Waals surface area (Å²) in [5.41, 5.74) is -0.0236. The first-order valence-corrected chi connectivity index (χ1v) is 6.60. The second kappa shape index (κ2) is 6.75. The van der Waals surface area contributed by atoms with Gasteiger partial charge in [-0.2, -0.15) is 0 Å². The van der Waals surface area contributed by atoms with Gasteiger partial charge in [0.1, 0.15) is 17.5 Å². The standard InChI is InChI=1S/C15H14FN3O3/c1-9-17-13(8-15(22)18-9)19-14(21)7-6-12(20)10-2-4-11(16)5-3-10/h2-5,8H,6-7H2,1H3,(H2,17,18,19,21,22). The van der Waals surface area contributed by atoms with E-state index in [1.54, 1.807) is 6.92 Å². The molecule has 0 unspecified atom stereocenters. The first-order valence-electron chi connectivity index (χ1n) is 6.60. The van der Waals surface area contributed by atoms with Crippen LogP contribution in [0, 0.1) is 12.7 Å². The van der Waals surface area contributed by atoms with Crippen molar-refractivity contribution in [2.24, 2.45) is 0 Å². The maximum absolute atomic E-state index is 12.8. The summed E-state index contributed by atoms with van der Waals surface area (Å²) in [6, 6.07) is 6.29. The van der Waals surface area contributed by atoms with Gasteiger partial charge in [0, 0.05) is 24.5 Å². The smallest absolute Gasteiger partial charge is 0.252 e. The number of aromatic nitrogens is 2. The maximum Gasteiger partial charge on any atom is 0.252 e. The van der Waals surface area contributed by atoms with Crippen LogP contribution in [0.4, 0.5) is 10.2 Å². The molecule has 0 bridgehead atoms. The van der Waals surface area contributed by atoms with Crippen LogP contribution in [0.3, 0.4) is 0 Å². The Morgan fingerprint density at radius 2 is 1.91 bits per heavy atom. The summed E-state index contributed by atoms with van der Waals surface area (Å²) in [7, 11) is 0. The highest BCUT2D eigenvalue weighted by molar-refractivity contribution is 5.99. The molecule has 1 heterocycles. The Morgan fingerprint density at radius 1 is 1.23 bits per heavy atom. The Morgan fingerprint density at radius 3 is 2.55 bits per heavy atom. The second-order valence-electron chi connectivity index (χ2n) is 4.69. The number of nitrogens with one attached hydrogen (secondary N) is 2. The second-order valence-corrected chi connectivity index (χ2v) is 4.69. The molecule has 2 rings (SSSR count). The fraction of sp³-hybridized carbons (Fsp3) is 0.200. The van der Waals surface area contributed by atoms with Crippen LogP contribution in [0.5, 0.6) is 0 Å². The van der Waals surface area contributed by atoms with E-state index in [2.05, 4.69) is 15.3 Å². The summed E-state index contributed by atoms with van der Waals surface area (Å²) in [5, 5.41) is 2.46. The molecule has 7 heteroatoms. The van der Waals surface area contributed by atoms with E-state index in [0.29, 0.717) is 11.4 Å². The van der Waals surface area contributed by atoms with Gasteiger partial charge >= 0.3 is 0 Å². The molecule has 6 nitrogen and oxygen atoms in total. The molecule has 114 valence electrons. The van der Waals surface area contributed by atoms with Crippen molar-refractivity contribution in [2.45, 2.75) is 19.8 Å². The first-order chi connectivity index (χ1) is 10.4. The van der Waals surface area contributed by atoms with Gasteiger partial charge < -0.3 is 10.3 Å². The molecule has 2 aromatic rings. The zero-order valence-electron chi connectivity index (χ0n) is 11.9. The van der Waals surface area contributed by atoms with E-state index in [1.807, 2.05) is 0 Å². The summed E-state index contributed by atoms with van der Waals surface area (Å²) in [6.45, 7) is 1.59. The minimum Gasteiger partial charge on any atom is -0.311 e. The van der Waals surface area contributed by atoms with E-state index < -0.39 is 11.7 Å². The van der Waals surface area contributed by atoms with Crippen LogP contribution in [-0.4, -0.2) is 21.7 Å². The molecule has 0 saturated heterocycles. The Balaban J connectivity index is 1.91. The number of carbonyl (C=O) groups excluding carboxylic acids is 2. The average molecular weight is 303 g/mol. The van der Waals surface area contributed by atoms with Crippen LogP contribution in [0.1, 0.15) is 29.0 Å². The Labute approximate surface area is 125 Å². The summed E-state index contributed by atoms with van der Waals surface area (Å²) in [6.07, 6.45) is -0.0661. The number of H-pyrrole nitrogens is 1. The van der Waals surface area contributed by atoms with Crippen LogP contribution in [0.2, 0.25) is 0 Å². The SMILES string of the molecule is Cc1nc(NC(=O)CCC(=O)c2ccc(F)cc2)cc(=O)[nH]1. The van der Waals surface area contributed by atoms with Crippen LogP contribution in [-0.2, 0) is 4.79 Å². The van der Waals surface area contributed by atoms with E-state index in [4.69, 9.17) is 0 Å². The number of hydrogen-bond donors (Lipinski definition) is 2. The molecule has 0 aliphatic heterocycles. The molecule has 0 spiro atoms. The van der Waals surface area contributed by atoms with Gasteiger partial charge in [-0.25, -0.2) is 9.37 Å². The van der Waals surface area contributed by atoms with Crippen molar-refractivity contribution in [3.8, 4) is 0 Å². The topological polar surface area (TPSA) is 91.9 Å². The Hall–Kier alpha value is -2.83. The summed E-state index contributed by atoms with van der Waals surface area (Å²) < 4.78 is 12.8. The maximum atomic E-state index is 12.8. The number of benzene rings is 1. The Kier molecular flexibility index (Phi) is 4.77. The van der Waals surface area contributed by atoms with E-state index in [9.17, 15) is 18.8 Å². The molecule has 1 aromatic heterocycles. The van der Waals surface area contributed by atoms with Crippen molar-refractivity contribution in [2.75, 3.05) is 5.32 Å². The van der Waals surface area contributed by atoms with E-state index in [1.165, 1.54) is 24.3 Å². The van der Waals surface area contributed by atoms with Crippen LogP contribution >= 0.6 is 0 Å². The molecule has 0 radical (unpaired) electrons. The highest BCUT2D eigenvalue weighted by Gasteiger charge is 2.10. The summed E-state index contributed by atoms with van der Waals surface area (Å²) in [5.74, 6) is -0.589. The minimum atomic E-state index is -0.426. The van der Waals surface area contributed by atoms with Crippen molar-refractivity contribution in [1.82, 2.24) is 9.97 Å². The number of rotatable bonds is 5. The fourth-order valence-corrected chi connectivity index (χ4v) is 1.86. The molecule has 1 aromatic carbocycles. The Bertz CT molecular complexity index is 753. The molecule has 0 aliphatic rings. The molecule has 2 N–H and O–H groups in total. The highest BCUT2D eigenvalue weighted by atomic mass is 19.1. The lowest BCUT2D eigenvalue weighted by molar-refractivity contribution is -0.116. The van der Waals surface area contributed by atoms with Gasteiger partial charge in [0.2, 0.25) is 5.91 Å². The van der Waals surface area contributed by atoms with Crippen molar-refractivity contribution < 1.29 is 14.0 Å². The molecular formula is C15H14FN3O3. The minimum absolute atomic E-state index is 0.0142. The number of anilines is 1. The number of Topliss-reactive ketones (excluding diaryl/α,β-unsaturated/α-hetero) is 1. The van der Waals surface area contributed by atoms with E-state index in [0.717, 1.165) is 6.07 Å². The van der Waals surface area contributed by atoms with Crippen molar-refractivity contribution >= 4 is 17.5 Å². The molecule has 22 heavy (non-hydrogen) atoms. The number of carbonyl (C=O) groups is 2. The number of aromatic amines is 1. The number of ketones is 1. The van der Waals surface area contributed by atoms with Crippen molar-refractivity contribution in [3.05, 3.63) is 57.9 Å². The van der Waals surface area contributed by atoms with Gasteiger partial charge in [-0.05, 0) is 31.2 Å².